The summed E-state index contributed by atoms with van der Waals surface area (Å²) in [5.41, 5.74) is 4.14. The van der Waals surface area contributed by atoms with Crippen molar-refractivity contribution in [1.29, 1.82) is 0 Å². The van der Waals surface area contributed by atoms with Gasteiger partial charge in [-0.2, -0.15) is 5.10 Å². The van der Waals surface area contributed by atoms with E-state index in [2.05, 4.69) is 23.6 Å². The van der Waals surface area contributed by atoms with Crippen molar-refractivity contribution in [2.24, 2.45) is 7.05 Å². The normalized spacial score (nSPS) is 11.3. The number of rotatable bonds is 6. The molecule has 0 fully saturated rings. The summed E-state index contributed by atoms with van der Waals surface area (Å²) in [7, 11) is 1.94. The highest BCUT2D eigenvalue weighted by Gasteiger charge is 2.13. The largest absolute Gasteiger partial charge is 0.375 e. The molecule has 2 aromatic rings. The highest BCUT2D eigenvalue weighted by Crippen LogP contribution is 2.18. The second kappa shape index (κ2) is 5.71. The number of nitrogens with one attached hydrogen (secondary N) is 1. The van der Waals surface area contributed by atoms with Crippen molar-refractivity contribution in [3.63, 3.8) is 0 Å². The van der Waals surface area contributed by atoms with E-state index in [1.807, 2.05) is 23.2 Å². The number of aryl methyl sites for hydroxylation is 2. The molecule has 0 aliphatic heterocycles. The molecule has 104 valence electrons. The van der Waals surface area contributed by atoms with E-state index in [0.29, 0.717) is 13.2 Å². The number of hydrogen-bond donors (Lipinski definition) is 1. The summed E-state index contributed by atoms with van der Waals surface area (Å²) in [4.78, 5) is 3.24. The molecule has 2 heterocycles. The van der Waals surface area contributed by atoms with E-state index in [4.69, 9.17) is 17.0 Å². The summed E-state index contributed by atoms with van der Waals surface area (Å²) >= 11 is 5.37. The SMILES string of the molecule is C=C(C)COCCn1c(=S)[nH]c2c(CC)nn(C)c21. The number of H-pyrrole nitrogens is 1. The molecular weight excluding hydrogens is 260 g/mol. The Hall–Kier alpha value is -1.40. The highest BCUT2D eigenvalue weighted by molar-refractivity contribution is 7.71. The number of nitrogens with zero attached hydrogens (tertiary/aromatic N) is 3. The topological polar surface area (TPSA) is 47.8 Å². The fourth-order valence-corrected chi connectivity index (χ4v) is 2.41. The number of aromatic amines is 1. The van der Waals surface area contributed by atoms with Gasteiger partial charge in [0, 0.05) is 7.05 Å². The third kappa shape index (κ3) is 2.79. The van der Waals surface area contributed by atoms with E-state index >= 15 is 0 Å². The van der Waals surface area contributed by atoms with Gasteiger partial charge in [0.25, 0.3) is 0 Å². The zero-order chi connectivity index (χ0) is 14.0. The van der Waals surface area contributed by atoms with Crippen LogP contribution in [0, 0.1) is 4.77 Å². The highest BCUT2D eigenvalue weighted by atomic mass is 32.1. The average Bonchev–Trinajstić information content (AvgIpc) is 2.83. The standard InChI is InChI=1S/C13H20N4OS/c1-5-10-11-12(16(4)15-10)17(13(19)14-11)6-7-18-8-9(2)3/h2,5-8H2,1,3-4H3,(H,14,19). The van der Waals surface area contributed by atoms with Crippen LogP contribution in [0.4, 0.5) is 0 Å². The smallest absolute Gasteiger partial charge is 0.179 e. The molecule has 0 spiro atoms. The van der Waals surface area contributed by atoms with Crippen LogP contribution in [-0.4, -0.2) is 32.5 Å². The maximum Gasteiger partial charge on any atom is 0.179 e. The van der Waals surface area contributed by atoms with E-state index < -0.39 is 0 Å². The summed E-state index contributed by atoms with van der Waals surface area (Å²) in [6, 6.07) is 0. The minimum absolute atomic E-state index is 0.590. The number of aromatic nitrogens is 4. The van der Waals surface area contributed by atoms with Gasteiger partial charge in [-0.05, 0) is 25.6 Å². The average molecular weight is 280 g/mol. The summed E-state index contributed by atoms with van der Waals surface area (Å²) < 4.78 is 10.2. The molecule has 0 unspecified atom stereocenters. The number of ether oxygens (including phenoxy) is 1. The van der Waals surface area contributed by atoms with Gasteiger partial charge >= 0.3 is 0 Å². The first-order valence-electron chi connectivity index (χ1n) is 6.41. The van der Waals surface area contributed by atoms with Gasteiger partial charge in [-0.25, -0.2) is 0 Å². The van der Waals surface area contributed by atoms with Crippen molar-refractivity contribution in [3.8, 4) is 0 Å². The zero-order valence-electron chi connectivity index (χ0n) is 11.7. The quantitative estimate of drug-likeness (QED) is 0.502. The van der Waals surface area contributed by atoms with E-state index in [1.54, 1.807) is 0 Å². The van der Waals surface area contributed by atoms with Crippen LogP contribution in [0.2, 0.25) is 0 Å². The van der Waals surface area contributed by atoms with Gasteiger partial charge in [-0.3, -0.25) is 9.25 Å². The molecule has 5 nitrogen and oxygen atoms in total. The molecule has 1 N–H and O–H groups in total. The van der Waals surface area contributed by atoms with Crippen molar-refractivity contribution in [2.75, 3.05) is 13.2 Å². The Morgan fingerprint density at radius 2 is 2.26 bits per heavy atom. The van der Waals surface area contributed by atoms with Crippen molar-refractivity contribution in [1.82, 2.24) is 19.3 Å². The monoisotopic (exact) mass is 280 g/mol. The lowest BCUT2D eigenvalue weighted by atomic mass is 10.3. The Kier molecular flexibility index (Phi) is 4.21. The minimum atomic E-state index is 0.590. The molecule has 19 heavy (non-hydrogen) atoms. The minimum Gasteiger partial charge on any atom is -0.375 e. The van der Waals surface area contributed by atoms with Crippen LogP contribution in [-0.2, 0) is 24.8 Å². The Morgan fingerprint density at radius 1 is 1.53 bits per heavy atom. The summed E-state index contributed by atoms with van der Waals surface area (Å²) in [5, 5.41) is 4.49. The van der Waals surface area contributed by atoms with Crippen LogP contribution >= 0.6 is 12.2 Å². The number of imidazole rings is 1. The first kappa shape index (κ1) is 14.0. The molecule has 2 aromatic heterocycles. The van der Waals surface area contributed by atoms with Crippen LogP contribution in [0.15, 0.2) is 12.2 Å². The van der Waals surface area contributed by atoms with Gasteiger partial charge in [0.15, 0.2) is 10.4 Å². The lowest BCUT2D eigenvalue weighted by molar-refractivity contribution is 0.147. The Balaban J connectivity index is 2.23. The molecule has 0 saturated carbocycles. The van der Waals surface area contributed by atoms with Gasteiger partial charge in [-0.15, -0.1) is 0 Å². The van der Waals surface area contributed by atoms with Crippen molar-refractivity contribution >= 4 is 23.4 Å². The van der Waals surface area contributed by atoms with Crippen LogP contribution in [0.25, 0.3) is 11.2 Å². The number of hydrogen-bond acceptors (Lipinski definition) is 3. The Bertz CT molecular complexity index is 649. The van der Waals surface area contributed by atoms with Crippen LogP contribution in [0.5, 0.6) is 0 Å². The van der Waals surface area contributed by atoms with Crippen LogP contribution in [0.1, 0.15) is 19.5 Å². The van der Waals surface area contributed by atoms with Crippen molar-refractivity contribution in [3.05, 3.63) is 22.6 Å². The van der Waals surface area contributed by atoms with E-state index in [9.17, 15) is 0 Å². The summed E-state index contributed by atoms with van der Waals surface area (Å²) in [6.45, 7) is 9.77. The van der Waals surface area contributed by atoms with E-state index in [-0.39, 0.29) is 0 Å². The lowest BCUT2D eigenvalue weighted by Gasteiger charge is -2.06. The lowest BCUT2D eigenvalue weighted by Crippen LogP contribution is -2.09. The molecule has 0 aromatic carbocycles. The second-order valence-corrected chi connectivity index (χ2v) is 5.10. The predicted molar refractivity (Wildman–Crippen MR) is 78.9 cm³/mol. The molecule has 0 aliphatic carbocycles. The van der Waals surface area contributed by atoms with Crippen LogP contribution in [0.3, 0.4) is 0 Å². The summed E-state index contributed by atoms with van der Waals surface area (Å²) in [6.07, 6.45) is 0.888. The maximum absolute atomic E-state index is 5.54. The summed E-state index contributed by atoms with van der Waals surface area (Å²) in [5.74, 6) is 0. The van der Waals surface area contributed by atoms with E-state index in [0.717, 1.165) is 40.2 Å². The molecule has 0 saturated heterocycles. The number of fused-ring (bicyclic) bond motifs is 1. The molecule has 0 radical (unpaired) electrons. The van der Waals surface area contributed by atoms with Gasteiger partial charge < -0.3 is 9.72 Å². The van der Waals surface area contributed by atoms with Gasteiger partial charge in [-0.1, -0.05) is 19.1 Å². The predicted octanol–water partition coefficient (Wildman–Crippen LogP) is 2.59. The first-order chi connectivity index (χ1) is 9.04. The van der Waals surface area contributed by atoms with Crippen LogP contribution < -0.4 is 0 Å². The van der Waals surface area contributed by atoms with Gasteiger partial charge in [0.1, 0.15) is 5.52 Å². The zero-order valence-corrected chi connectivity index (χ0v) is 12.5. The third-order valence-electron chi connectivity index (χ3n) is 2.96. The van der Waals surface area contributed by atoms with Crippen molar-refractivity contribution in [2.45, 2.75) is 26.8 Å². The first-order valence-corrected chi connectivity index (χ1v) is 6.82. The van der Waals surface area contributed by atoms with E-state index in [1.165, 1.54) is 0 Å². The molecular formula is C13H20N4OS. The molecule has 6 heteroatoms. The van der Waals surface area contributed by atoms with Gasteiger partial charge in [0.05, 0.1) is 25.5 Å². The Morgan fingerprint density at radius 3 is 2.89 bits per heavy atom. The molecule has 0 bridgehead atoms. The Labute approximate surface area is 117 Å². The maximum atomic E-state index is 5.54. The van der Waals surface area contributed by atoms with Gasteiger partial charge in [0.2, 0.25) is 0 Å². The fraction of sp³-hybridized carbons (Fsp3) is 0.538. The second-order valence-electron chi connectivity index (χ2n) is 4.71. The molecule has 2 rings (SSSR count). The molecule has 0 atom stereocenters. The third-order valence-corrected chi connectivity index (χ3v) is 3.29. The molecule has 0 aliphatic rings. The fourth-order valence-electron chi connectivity index (χ4n) is 2.13. The molecule has 0 amide bonds. The van der Waals surface area contributed by atoms with Crippen molar-refractivity contribution < 1.29 is 4.74 Å².